The van der Waals surface area contributed by atoms with E-state index in [1.807, 2.05) is 30.3 Å². The molecule has 0 saturated carbocycles. The molecular formula is C18H23IN4O2. The first kappa shape index (κ1) is 19.3. The van der Waals surface area contributed by atoms with Gasteiger partial charge < -0.3 is 20.4 Å². The van der Waals surface area contributed by atoms with E-state index in [-0.39, 0.29) is 35.8 Å². The van der Waals surface area contributed by atoms with Crippen LogP contribution < -0.4 is 16.0 Å². The molecule has 0 spiro atoms. The number of hydrogen-bond acceptors (Lipinski definition) is 3. The fourth-order valence-corrected chi connectivity index (χ4v) is 2.88. The Balaban J connectivity index is 0.00000225. The molecule has 6 nitrogen and oxygen atoms in total. The number of fused-ring (bicyclic) bond motifs is 1. The molecule has 0 fully saturated rings. The molecular weight excluding hydrogens is 431 g/mol. The van der Waals surface area contributed by atoms with Crippen LogP contribution in [-0.2, 0) is 11.2 Å². The molecule has 0 aliphatic carbocycles. The number of amides is 1. The first-order chi connectivity index (χ1) is 11.8. The van der Waals surface area contributed by atoms with Gasteiger partial charge in [0.15, 0.2) is 5.96 Å². The van der Waals surface area contributed by atoms with Gasteiger partial charge in [-0.2, -0.15) is 0 Å². The number of rotatable bonds is 5. The maximum atomic E-state index is 11.9. The van der Waals surface area contributed by atoms with Crippen molar-refractivity contribution < 1.29 is 9.21 Å². The van der Waals surface area contributed by atoms with Gasteiger partial charge in [-0.05, 0) is 23.8 Å². The summed E-state index contributed by atoms with van der Waals surface area (Å²) in [6, 6.07) is 11.8. The van der Waals surface area contributed by atoms with E-state index >= 15 is 0 Å². The molecule has 1 amide bonds. The number of furan rings is 1. The standard InChI is InChI=1S/C18H22N4O2.HI/c1-19-18(20-9-8-14-5-4-10-24-14)21-12-13-11-17(23)22-16-7-3-2-6-15(13)16;/h2-7,10,13H,8-9,11-12H2,1H3,(H,22,23)(H2,19,20,21);1H. The average molecular weight is 454 g/mol. The van der Waals surface area contributed by atoms with Crippen molar-refractivity contribution in [3.05, 3.63) is 54.0 Å². The minimum absolute atomic E-state index is 0. The highest BCUT2D eigenvalue weighted by Crippen LogP contribution is 2.31. The number of carbonyl (C=O) groups is 1. The lowest BCUT2D eigenvalue weighted by Crippen LogP contribution is -2.41. The second-order valence-electron chi connectivity index (χ2n) is 5.75. The lowest BCUT2D eigenvalue weighted by Gasteiger charge is -2.26. The highest BCUT2D eigenvalue weighted by Gasteiger charge is 2.24. The molecule has 2 aromatic rings. The normalized spacial score (nSPS) is 16.4. The molecule has 25 heavy (non-hydrogen) atoms. The topological polar surface area (TPSA) is 78.7 Å². The number of benzene rings is 1. The van der Waals surface area contributed by atoms with E-state index in [9.17, 15) is 4.79 Å². The smallest absolute Gasteiger partial charge is 0.225 e. The van der Waals surface area contributed by atoms with Crippen molar-refractivity contribution in [2.75, 3.05) is 25.5 Å². The summed E-state index contributed by atoms with van der Waals surface area (Å²) in [6.07, 6.45) is 2.95. The van der Waals surface area contributed by atoms with Crippen molar-refractivity contribution in [1.82, 2.24) is 10.6 Å². The number of para-hydroxylation sites is 1. The minimum atomic E-state index is 0. The number of nitrogens with one attached hydrogen (secondary N) is 3. The van der Waals surface area contributed by atoms with Crippen LogP contribution in [0.25, 0.3) is 0 Å². The molecule has 2 heterocycles. The van der Waals surface area contributed by atoms with Gasteiger partial charge >= 0.3 is 0 Å². The Hall–Kier alpha value is -2.03. The van der Waals surface area contributed by atoms with Crippen LogP contribution in [0.4, 0.5) is 5.69 Å². The SMILES string of the molecule is CN=C(NCCc1ccco1)NCC1CC(=O)Nc2ccccc21.I. The Morgan fingerprint density at radius 3 is 2.88 bits per heavy atom. The zero-order valence-electron chi connectivity index (χ0n) is 14.1. The zero-order valence-corrected chi connectivity index (χ0v) is 16.4. The maximum absolute atomic E-state index is 11.9. The number of halogens is 1. The number of aliphatic imine (C=N–C) groups is 1. The number of hydrogen-bond donors (Lipinski definition) is 3. The van der Waals surface area contributed by atoms with Crippen LogP contribution in [0.15, 0.2) is 52.1 Å². The molecule has 3 N–H and O–H groups in total. The molecule has 134 valence electrons. The van der Waals surface area contributed by atoms with Crippen molar-refractivity contribution >= 4 is 41.5 Å². The predicted octanol–water partition coefficient (Wildman–Crippen LogP) is 2.73. The van der Waals surface area contributed by atoms with Gasteiger partial charge in [-0.1, -0.05) is 18.2 Å². The molecule has 1 aromatic carbocycles. The largest absolute Gasteiger partial charge is 0.469 e. The maximum Gasteiger partial charge on any atom is 0.225 e. The highest BCUT2D eigenvalue weighted by molar-refractivity contribution is 14.0. The van der Waals surface area contributed by atoms with Gasteiger partial charge in [-0.3, -0.25) is 9.79 Å². The van der Waals surface area contributed by atoms with Crippen molar-refractivity contribution in [3.8, 4) is 0 Å². The predicted molar refractivity (Wildman–Crippen MR) is 110 cm³/mol. The van der Waals surface area contributed by atoms with Crippen molar-refractivity contribution in [2.24, 2.45) is 4.99 Å². The molecule has 7 heteroatoms. The third-order valence-corrected chi connectivity index (χ3v) is 4.09. The third-order valence-electron chi connectivity index (χ3n) is 4.09. The van der Waals surface area contributed by atoms with Crippen LogP contribution in [0, 0.1) is 0 Å². The van der Waals surface area contributed by atoms with Crippen LogP contribution >= 0.6 is 24.0 Å². The van der Waals surface area contributed by atoms with E-state index in [0.29, 0.717) is 13.0 Å². The summed E-state index contributed by atoms with van der Waals surface area (Å²) >= 11 is 0. The van der Waals surface area contributed by atoms with Gasteiger partial charge in [0.25, 0.3) is 0 Å². The van der Waals surface area contributed by atoms with Crippen molar-refractivity contribution in [1.29, 1.82) is 0 Å². The average Bonchev–Trinajstić information content (AvgIpc) is 3.11. The molecule has 1 atom stereocenters. The summed E-state index contributed by atoms with van der Waals surface area (Å²) in [5.74, 6) is 1.86. The molecule has 0 saturated heterocycles. The molecule has 1 aromatic heterocycles. The Morgan fingerprint density at radius 2 is 2.12 bits per heavy atom. The monoisotopic (exact) mass is 454 g/mol. The second-order valence-corrected chi connectivity index (χ2v) is 5.75. The summed E-state index contributed by atoms with van der Waals surface area (Å²) < 4.78 is 5.31. The van der Waals surface area contributed by atoms with Gasteiger partial charge in [0.2, 0.25) is 5.91 Å². The summed E-state index contributed by atoms with van der Waals surface area (Å²) in [4.78, 5) is 16.1. The Morgan fingerprint density at radius 1 is 1.28 bits per heavy atom. The number of guanidine groups is 1. The van der Waals surface area contributed by atoms with E-state index in [2.05, 4.69) is 27.0 Å². The first-order valence-electron chi connectivity index (χ1n) is 8.12. The van der Waals surface area contributed by atoms with E-state index in [1.165, 1.54) is 0 Å². The van der Waals surface area contributed by atoms with Crippen LogP contribution in [0.5, 0.6) is 0 Å². The first-order valence-corrected chi connectivity index (χ1v) is 8.12. The second kappa shape index (κ2) is 9.45. The van der Waals surface area contributed by atoms with Crippen LogP contribution in [0.2, 0.25) is 0 Å². The van der Waals surface area contributed by atoms with E-state index in [1.54, 1.807) is 13.3 Å². The van der Waals surface area contributed by atoms with Gasteiger partial charge in [0.1, 0.15) is 5.76 Å². The molecule has 0 radical (unpaired) electrons. The molecule has 1 aliphatic heterocycles. The van der Waals surface area contributed by atoms with Crippen molar-refractivity contribution in [2.45, 2.75) is 18.8 Å². The van der Waals surface area contributed by atoms with Crippen LogP contribution in [-0.4, -0.2) is 32.0 Å². The van der Waals surface area contributed by atoms with E-state index in [4.69, 9.17) is 4.42 Å². The number of carbonyl (C=O) groups excluding carboxylic acids is 1. The summed E-state index contributed by atoms with van der Waals surface area (Å²) in [6.45, 7) is 1.39. The zero-order chi connectivity index (χ0) is 16.8. The highest BCUT2D eigenvalue weighted by atomic mass is 127. The molecule has 1 unspecified atom stereocenters. The summed E-state index contributed by atoms with van der Waals surface area (Å²) in [5, 5.41) is 9.49. The molecule has 1 aliphatic rings. The summed E-state index contributed by atoms with van der Waals surface area (Å²) in [7, 11) is 1.74. The Labute approximate surface area is 164 Å². The summed E-state index contributed by atoms with van der Waals surface area (Å²) in [5.41, 5.74) is 2.07. The quantitative estimate of drug-likeness (QED) is 0.369. The van der Waals surface area contributed by atoms with Crippen LogP contribution in [0.1, 0.15) is 23.7 Å². The third kappa shape index (κ3) is 5.22. The van der Waals surface area contributed by atoms with Gasteiger partial charge in [-0.25, -0.2) is 0 Å². The number of anilines is 1. The minimum Gasteiger partial charge on any atom is -0.469 e. The fraction of sp³-hybridized carbons (Fsp3) is 0.333. The van der Waals surface area contributed by atoms with E-state index in [0.717, 1.165) is 35.9 Å². The number of nitrogens with zero attached hydrogens (tertiary/aromatic N) is 1. The fourth-order valence-electron chi connectivity index (χ4n) is 2.88. The van der Waals surface area contributed by atoms with Gasteiger partial charge in [0.05, 0.1) is 6.26 Å². The lowest BCUT2D eigenvalue weighted by atomic mass is 9.90. The molecule has 0 bridgehead atoms. The Bertz CT molecular complexity index is 716. The van der Waals surface area contributed by atoms with E-state index < -0.39 is 0 Å². The lowest BCUT2D eigenvalue weighted by molar-refractivity contribution is -0.116. The van der Waals surface area contributed by atoms with Crippen molar-refractivity contribution in [3.63, 3.8) is 0 Å². The molecule has 3 rings (SSSR count). The van der Waals surface area contributed by atoms with Gasteiger partial charge in [0, 0.05) is 44.6 Å². The van der Waals surface area contributed by atoms with Crippen LogP contribution in [0.3, 0.4) is 0 Å². The Kier molecular flexibility index (Phi) is 7.30. The van der Waals surface area contributed by atoms with Gasteiger partial charge in [-0.15, -0.1) is 24.0 Å².